The molecule has 0 aromatic carbocycles. The Bertz CT molecular complexity index is 417. The first-order valence-corrected chi connectivity index (χ1v) is 6.36. The average molecular weight is 335 g/mol. The molecule has 6 heteroatoms. The first kappa shape index (κ1) is 12.0. The summed E-state index contributed by atoms with van der Waals surface area (Å²) in [5.41, 5.74) is -0.0962. The SMILES string of the molecule is O=c1c(I)cncn1CC(O)CNC1CC1. The molecule has 1 fully saturated rings. The molecule has 0 bridgehead atoms. The maximum atomic E-state index is 11.6. The summed E-state index contributed by atoms with van der Waals surface area (Å²) in [7, 11) is 0. The first-order chi connectivity index (χ1) is 7.66. The van der Waals surface area contributed by atoms with Crippen molar-refractivity contribution in [3.05, 3.63) is 26.4 Å². The van der Waals surface area contributed by atoms with E-state index in [1.807, 2.05) is 22.6 Å². The fourth-order valence-electron chi connectivity index (χ4n) is 1.44. The van der Waals surface area contributed by atoms with Crippen molar-refractivity contribution in [2.45, 2.75) is 31.5 Å². The molecule has 0 radical (unpaired) electrons. The summed E-state index contributed by atoms with van der Waals surface area (Å²) in [5.74, 6) is 0. The Morgan fingerprint density at radius 3 is 3.12 bits per heavy atom. The van der Waals surface area contributed by atoms with Gasteiger partial charge in [0.05, 0.1) is 22.5 Å². The normalized spacial score (nSPS) is 17.4. The van der Waals surface area contributed by atoms with Crippen LogP contribution in [0.3, 0.4) is 0 Å². The van der Waals surface area contributed by atoms with E-state index in [0.29, 0.717) is 22.7 Å². The van der Waals surface area contributed by atoms with Gasteiger partial charge < -0.3 is 10.4 Å². The van der Waals surface area contributed by atoms with E-state index in [2.05, 4.69) is 10.3 Å². The number of hydrogen-bond acceptors (Lipinski definition) is 4. The zero-order valence-electron chi connectivity index (χ0n) is 8.77. The summed E-state index contributed by atoms with van der Waals surface area (Å²) in [5, 5.41) is 13.0. The van der Waals surface area contributed by atoms with E-state index >= 15 is 0 Å². The largest absolute Gasteiger partial charge is 0.390 e. The van der Waals surface area contributed by atoms with Gasteiger partial charge in [-0.3, -0.25) is 9.36 Å². The van der Waals surface area contributed by atoms with Gasteiger partial charge in [-0.05, 0) is 35.4 Å². The molecule has 1 atom stereocenters. The zero-order chi connectivity index (χ0) is 11.5. The van der Waals surface area contributed by atoms with Crippen LogP contribution < -0.4 is 10.9 Å². The molecule has 0 amide bonds. The monoisotopic (exact) mass is 335 g/mol. The van der Waals surface area contributed by atoms with Crippen molar-refractivity contribution in [2.24, 2.45) is 0 Å². The third-order valence-electron chi connectivity index (χ3n) is 2.49. The second-order valence-corrected chi connectivity index (χ2v) is 5.20. The summed E-state index contributed by atoms with van der Waals surface area (Å²) in [6.45, 7) is 0.824. The van der Waals surface area contributed by atoms with Crippen molar-refractivity contribution in [2.75, 3.05) is 6.54 Å². The van der Waals surface area contributed by atoms with Crippen LogP contribution >= 0.6 is 22.6 Å². The lowest BCUT2D eigenvalue weighted by atomic mass is 10.3. The van der Waals surface area contributed by atoms with E-state index in [1.54, 1.807) is 0 Å². The highest BCUT2D eigenvalue weighted by Gasteiger charge is 2.21. The summed E-state index contributed by atoms with van der Waals surface area (Å²) >= 11 is 1.95. The summed E-state index contributed by atoms with van der Waals surface area (Å²) in [4.78, 5) is 15.6. The average Bonchev–Trinajstić information content (AvgIpc) is 3.06. The Morgan fingerprint density at radius 2 is 2.44 bits per heavy atom. The third kappa shape index (κ3) is 3.26. The molecule has 0 saturated heterocycles. The summed E-state index contributed by atoms with van der Waals surface area (Å²) in [6.07, 6.45) is 4.83. The number of hydrogen-bond donors (Lipinski definition) is 2. The van der Waals surface area contributed by atoms with Crippen molar-refractivity contribution in [3.8, 4) is 0 Å². The molecule has 88 valence electrons. The lowest BCUT2D eigenvalue weighted by molar-refractivity contribution is 0.149. The summed E-state index contributed by atoms with van der Waals surface area (Å²) in [6, 6.07) is 0.570. The smallest absolute Gasteiger partial charge is 0.266 e. The van der Waals surface area contributed by atoms with Crippen molar-refractivity contribution in [1.82, 2.24) is 14.9 Å². The van der Waals surface area contributed by atoms with Crippen molar-refractivity contribution in [3.63, 3.8) is 0 Å². The molecule has 1 unspecified atom stereocenters. The fraction of sp³-hybridized carbons (Fsp3) is 0.600. The minimum absolute atomic E-state index is 0.0962. The van der Waals surface area contributed by atoms with Crippen LogP contribution in [0.15, 0.2) is 17.3 Å². The van der Waals surface area contributed by atoms with Crippen LogP contribution in [-0.2, 0) is 6.54 Å². The van der Waals surface area contributed by atoms with Gasteiger partial charge in [0.25, 0.3) is 5.56 Å². The number of aliphatic hydroxyl groups is 1. The summed E-state index contributed by atoms with van der Waals surface area (Å²) < 4.78 is 2.02. The molecule has 1 aromatic heterocycles. The molecule has 1 aliphatic rings. The van der Waals surface area contributed by atoms with Crippen LogP contribution in [-0.4, -0.2) is 33.3 Å². The quantitative estimate of drug-likeness (QED) is 0.741. The number of rotatable bonds is 5. The van der Waals surface area contributed by atoms with Gasteiger partial charge in [0.15, 0.2) is 0 Å². The molecule has 16 heavy (non-hydrogen) atoms. The Labute approximate surface area is 107 Å². The van der Waals surface area contributed by atoms with Crippen LogP contribution in [0, 0.1) is 3.57 Å². The van der Waals surface area contributed by atoms with E-state index in [0.717, 1.165) is 0 Å². The van der Waals surface area contributed by atoms with Gasteiger partial charge in [-0.25, -0.2) is 4.98 Å². The maximum absolute atomic E-state index is 11.6. The molecule has 2 N–H and O–H groups in total. The number of nitrogens with one attached hydrogen (secondary N) is 1. The van der Waals surface area contributed by atoms with Crippen LogP contribution in [0.25, 0.3) is 0 Å². The molecule has 1 saturated carbocycles. The van der Waals surface area contributed by atoms with Crippen LogP contribution in [0.5, 0.6) is 0 Å². The molecule has 2 rings (SSSR count). The predicted molar refractivity (Wildman–Crippen MR) is 68.2 cm³/mol. The van der Waals surface area contributed by atoms with E-state index in [9.17, 15) is 9.90 Å². The van der Waals surface area contributed by atoms with Gasteiger partial charge >= 0.3 is 0 Å². The number of halogens is 1. The third-order valence-corrected chi connectivity index (χ3v) is 3.23. The molecule has 1 aromatic rings. The Morgan fingerprint density at radius 1 is 1.69 bits per heavy atom. The van der Waals surface area contributed by atoms with Crippen molar-refractivity contribution >= 4 is 22.6 Å². The fourth-order valence-corrected chi connectivity index (χ4v) is 1.91. The van der Waals surface area contributed by atoms with Gasteiger partial charge in [0, 0.05) is 18.8 Å². The maximum Gasteiger partial charge on any atom is 0.266 e. The number of aromatic nitrogens is 2. The van der Waals surface area contributed by atoms with E-state index in [4.69, 9.17) is 0 Å². The van der Waals surface area contributed by atoms with E-state index in [1.165, 1.54) is 29.9 Å². The van der Waals surface area contributed by atoms with Gasteiger partial charge in [0.2, 0.25) is 0 Å². The van der Waals surface area contributed by atoms with Gasteiger partial charge in [0.1, 0.15) is 0 Å². The second kappa shape index (κ2) is 5.24. The minimum atomic E-state index is -0.543. The molecule has 0 aliphatic heterocycles. The highest BCUT2D eigenvalue weighted by molar-refractivity contribution is 14.1. The lowest BCUT2D eigenvalue weighted by Crippen LogP contribution is -2.35. The van der Waals surface area contributed by atoms with Gasteiger partial charge in [-0.1, -0.05) is 0 Å². The molecular formula is C10H14IN3O2. The second-order valence-electron chi connectivity index (χ2n) is 4.04. The van der Waals surface area contributed by atoms with Crippen molar-refractivity contribution in [1.29, 1.82) is 0 Å². The van der Waals surface area contributed by atoms with Crippen LogP contribution in [0.4, 0.5) is 0 Å². The highest BCUT2D eigenvalue weighted by atomic mass is 127. The number of nitrogens with zero attached hydrogens (tertiary/aromatic N) is 2. The van der Waals surface area contributed by atoms with Crippen molar-refractivity contribution < 1.29 is 5.11 Å². The first-order valence-electron chi connectivity index (χ1n) is 5.28. The lowest BCUT2D eigenvalue weighted by Gasteiger charge is -2.12. The molecule has 5 nitrogen and oxygen atoms in total. The topological polar surface area (TPSA) is 67.2 Å². The van der Waals surface area contributed by atoms with E-state index in [-0.39, 0.29) is 5.56 Å². The minimum Gasteiger partial charge on any atom is -0.390 e. The Kier molecular flexibility index (Phi) is 3.93. The predicted octanol–water partition coefficient (Wildman–Crippen LogP) is -0.0392. The van der Waals surface area contributed by atoms with Gasteiger partial charge in [-0.15, -0.1) is 0 Å². The number of aliphatic hydroxyl groups excluding tert-OH is 1. The Hall–Kier alpha value is -0.470. The molecule has 1 heterocycles. The van der Waals surface area contributed by atoms with Crippen LogP contribution in [0.2, 0.25) is 0 Å². The van der Waals surface area contributed by atoms with E-state index < -0.39 is 6.10 Å². The van der Waals surface area contributed by atoms with Crippen LogP contribution in [0.1, 0.15) is 12.8 Å². The highest BCUT2D eigenvalue weighted by Crippen LogP contribution is 2.18. The zero-order valence-corrected chi connectivity index (χ0v) is 10.9. The Balaban J connectivity index is 1.91. The van der Waals surface area contributed by atoms with Gasteiger partial charge in [-0.2, -0.15) is 0 Å². The standard InChI is InChI=1S/C10H14IN3O2/c11-9-4-12-6-14(10(9)16)5-8(15)3-13-7-1-2-7/h4,6-8,13,15H,1-3,5H2. The molecule has 1 aliphatic carbocycles. The molecular weight excluding hydrogens is 321 g/mol. The molecule has 0 spiro atoms.